The summed E-state index contributed by atoms with van der Waals surface area (Å²) < 4.78 is 0. The molecule has 0 bridgehead atoms. The highest BCUT2D eigenvalue weighted by atomic mass is 35.5. The van der Waals surface area contributed by atoms with Gasteiger partial charge in [-0.3, -0.25) is 0 Å². The standard InChI is InChI=1S/C14H20ClN/c1-2-11-6-3-4-9-14(11)16-13-8-5-7-12(15)10-13/h5,7-8,10-11,14,16H,2-4,6,9H2,1H3. The van der Waals surface area contributed by atoms with Crippen LogP contribution in [0, 0.1) is 5.92 Å². The van der Waals surface area contributed by atoms with E-state index >= 15 is 0 Å². The molecule has 1 fully saturated rings. The van der Waals surface area contributed by atoms with Crippen LogP contribution < -0.4 is 5.32 Å². The third-order valence-electron chi connectivity index (χ3n) is 3.61. The third-order valence-corrected chi connectivity index (χ3v) is 3.85. The van der Waals surface area contributed by atoms with Gasteiger partial charge in [0.25, 0.3) is 0 Å². The number of hydrogen-bond donors (Lipinski definition) is 1. The lowest BCUT2D eigenvalue weighted by molar-refractivity contribution is 0.317. The maximum absolute atomic E-state index is 5.99. The minimum Gasteiger partial charge on any atom is -0.382 e. The highest BCUT2D eigenvalue weighted by molar-refractivity contribution is 6.30. The van der Waals surface area contributed by atoms with Gasteiger partial charge in [-0.25, -0.2) is 0 Å². The van der Waals surface area contributed by atoms with Crippen molar-refractivity contribution in [2.75, 3.05) is 5.32 Å². The van der Waals surface area contributed by atoms with Crippen LogP contribution in [0.3, 0.4) is 0 Å². The number of rotatable bonds is 3. The zero-order chi connectivity index (χ0) is 11.4. The first-order valence-electron chi connectivity index (χ1n) is 6.31. The molecule has 16 heavy (non-hydrogen) atoms. The summed E-state index contributed by atoms with van der Waals surface area (Å²) in [7, 11) is 0. The first-order valence-corrected chi connectivity index (χ1v) is 6.69. The van der Waals surface area contributed by atoms with Crippen LogP contribution in [-0.4, -0.2) is 6.04 Å². The summed E-state index contributed by atoms with van der Waals surface area (Å²) in [6, 6.07) is 8.69. The normalized spacial score (nSPS) is 25.4. The Morgan fingerprint density at radius 1 is 1.31 bits per heavy atom. The van der Waals surface area contributed by atoms with Crippen LogP contribution in [-0.2, 0) is 0 Å². The molecule has 1 aliphatic rings. The Kier molecular flexibility index (Phi) is 4.11. The second kappa shape index (κ2) is 5.58. The van der Waals surface area contributed by atoms with Gasteiger partial charge in [-0.05, 0) is 37.0 Å². The minimum absolute atomic E-state index is 0.636. The monoisotopic (exact) mass is 237 g/mol. The van der Waals surface area contributed by atoms with Gasteiger partial charge in [-0.15, -0.1) is 0 Å². The smallest absolute Gasteiger partial charge is 0.0426 e. The topological polar surface area (TPSA) is 12.0 Å². The summed E-state index contributed by atoms with van der Waals surface area (Å²) in [6.45, 7) is 2.29. The molecule has 1 aromatic rings. The molecule has 0 amide bonds. The maximum Gasteiger partial charge on any atom is 0.0426 e. The van der Waals surface area contributed by atoms with E-state index in [2.05, 4.69) is 18.3 Å². The molecule has 0 radical (unpaired) electrons. The van der Waals surface area contributed by atoms with Crippen molar-refractivity contribution >= 4 is 17.3 Å². The summed E-state index contributed by atoms with van der Waals surface area (Å²) in [5, 5.41) is 4.45. The van der Waals surface area contributed by atoms with E-state index in [0.29, 0.717) is 6.04 Å². The molecule has 0 heterocycles. The molecule has 1 saturated carbocycles. The van der Waals surface area contributed by atoms with Crippen molar-refractivity contribution in [1.29, 1.82) is 0 Å². The van der Waals surface area contributed by atoms with Crippen molar-refractivity contribution in [2.24, 2.45) is 5.92 Å². The SMILES string of the molecule is CCC1CCCCC1Nc1cccc(Cl)c1. The van der Waals surface area contributed by atoms with Gasteiger partial charge in [0.2, 0.25) is 0 Å². The lowest BCUT2D eigenvalue weighted by Crippen LogP contribution is -2.31. The van der Waals surface area contributed by atoms with Crippen molar-refractivity contribution in [3.05, 3.63) is 29.3 Å². The molecule has 2 atom stereocenters. The highest BCUT2D eigenvalue weighted by Crippen LogP contribution is 2.29. The largest absolute Gasteiger partial charge is 0.382 e. The van der Waals surface area contributed by atoms with Crippen molar-refractivity contribution < 1.29 is 0 Å². The second-order valence-corrected chi connectivity index (χ2v) is 5.15. The van der Waals surface area contributed by atoms with E-state index in [1.54, 1.807) is 0 Å². The zero-order valence-corrected chi connectivity index (χ0v) is 10.6. The molecule has 88 valence electrons. The lowest BCUT2D eigenvalue weighted by Gasteiger charge is -2.32. The first kappa shape index (κ1) is 11.8. The van der Waals surface area contributed by atoms with Gasteiger partial charge in [0.1, 0.15) is 0 Å². The predicted molar refractivity (Wildman–Crippen MR) is 71.1 cm³/mol. The van der Waals surface area contributed by atoms with Gasteiger partial charge in [0, 0.05) is 16.8 Å². The summed E-state index contributed by atoms with van der Waals surface area (Å²) in [5.41, 5.74) is 1.16. The van der Waals surface area contributed by atoms with E-state index in [4.69, 9.17) is 11.6 Å². The van der Waals surface area contributed by atoms with Crippen LogP contribution in [0.1, 0.15) is 39.0 Å². The van der Waals surface area contributed by atoms with E-state index in [-0.39, 0.29) is 0 Å². The molecule has 0 aromatic heterocycles. The Bertz CT molecular complexity index is 337. The molecule has 0 aliphatic heterocycles. The summed E-state index contributed by atoms with van der Waals surface area (Å²) >= 11 is 5.99. The quantitative estimate of drug-likeness (QED) is 0.802. The van der Waals surface area contributed by atoms with Gasteiger partial charge in [-0.2, -0.15) is 0 Å². The Hall–Kier alpha value is -0.690. The number of nitrogens with one attached hydrogen (secondary N) is 1. The van der Waals surface area contributed by atoms with Gasteiger partial charge >= 0.3 is 0 Å². The molecule has 2 unspecified atom stereocenters. The first-order chi connectivity index (χ1) is 7.79. The number of benzene rings is 1. The van der Waals surface area contributed by atoms with Gasteiger partial charge in [0.05, 0.1) is 0 Å². The maximum atomic E-state index is 5.99. The molecule has 0 saturated heterocycles. The van der Waals surface area contributed by atoms with Crippen LogP contribution in [0.25, 0.3) is 0 Å². The Morgan fingerprint density at radius 2 is 2.12 bits per heavy atom. The van der Waals surface area contributed by atoms with Crippen molar-refractivity contribution in [1.82, 2.24) is 0 Å². The summed E-state index contributed by atoms with van der Waals surface area (Å²) in [5.74, 6) is 0.827. The van der Waals surface area contributed by atoms with Crippen molar-refractivity contribution in [3.8, 4) is 0 Å². The fourth-order valence-corrected chi connectivity index (χ4v) is 2.87. The molecular formula is C14H20ClN. The average Bonchev–Trinajstić information content (AvgIpc) is 2.30. The van der Waals surface area contributed by atoms with Crippen LogP contribution in [0.15, 0.2) is 24.3 Å². The molecule has 1 nitrogen and oxygen atoms in total. The average molecular weight is 238 g/mol. The van der Waals surface area contributed by atoms with Crippen LogP contribution in [0.5, 0.6) is 0 Å². The minimum atomic E-state index is 0.636. The second-order valence-electron chi connectivity index (χ2n) is 4.71. The van der Waals surface area contributed by atoms with E-state index in [1.807, 2.05) is 18.2 Å². The number of hydrogen-bond acceptors (Lipinski definition) is 1. The third kappa shape index (κ3) is 2.91. The molecule has 2 rings (SSSR count). The van der Waals surface area contributed by atoms with Crippen LogP contribution >= 0.6 is 11.6 Å². The highest BCUT2D eigenvalue weighted by Gasteiger charge is 2.23. The molecule has 1 aliphatic carbocycles. The lowest BCUT2D eigenvalue weighted by atomic mass is 9.83. The van der Waals surface area contributed by atoms with Gasteiger partial charge in [0.15, 0.2) is 0 Å². The predicted octanol–water partition coefficient (Wildman–Crippen LogP) is 4.72. The Labute approximate surface area is 103 Å². The molecular weight excluding hydrogens is 218 g/mol. The summed E-state index contributed by atoms with van der Waals surface area (Å²) in [4.78, 5) is 0. The van der Waals surface area contributed by atoms with Crippen molar-refractivity contribution in [2.45, 2.75) is 45.1 Å². The molecule has 1 aromatic carbocycles. The zero-order valence-electron chi connectivity index (χ0n) is 9.88. The Morgan fingerprint density at radius 3 is 2.88 bits per heavy atom. The van der Waals surface area contributed by atoms with E-state index in [0.717, 1.165) is 16.6 Å². The molecule has 0 spiro atoms. The number of halogens is 1. The molecule has 1 N–H and O–H groups in total. The fourth-order valence-electron chi connectivity index (χ4n) is 2.68. The van der Waals surface area contributed by atoms with Crippen molar-refractivity contribution in [3.63, 3.8) is 0 Å². The van der Waals surface area contributed by atoms with E-state index in [1.165, 1.54) is 32.1 Å². The summed E-state index contributed by atoms with van der Waals surface area (Å²) in [6.07, 6.45) is 6.69. The van der Waals surface area contributed by atoms with Crippen LogP contribution in [0.2, 0.25) is 5.02 Å². The van der Waals surface area contributed by atoms with Gasteiger partial charge < -0.3 is 5.32 Å². The molecule has 2 heteroatoms. The Balaban J connectivity index is 2.02. The van der Waals surface area contributed by atoms with Crippen LogP contribution in [0.4, 0.5) is 5.69 Å². The fraction of sp³-hybridized carbons (Fsp3) is 0.571. The number of anilines is 1. The van der Waals surface area contributed by atoms with E-state index in [9.17, 15) is 0 Å². The van der Waals surface area contributed by atoms with E-state index < -0.39 is 0 Å². The van der Waals surface area contributed by atoms with Gasteiger partial charge in [-0.1, -0.05) is 43.9 Å².